The minimum Gasteiger partial charge on any atom is -0.426 e. The SMILES string of the molecule is CCN(C(=O)c1cc(C)cc(C)c1)N(C(=O)c1ccc(OC(=O)C(C)(C)C)cc1)C(C)(C)C. The predicted octanol–water partition coefficient (Wildman–Crippen LogP) is 5.57. The molecule has 2 amide bonds. The normalized spacial score (nSPS) is 11.7. The van der Waals surface area contributed by atoms with Gasteiger partial charge in [0, 0.05) is 17.7 Å². The number of carbonyl (C=O) groups is 3. The average molecular weight is 453 g/mol. The molecule has 0 aliphatic rings. The van der Waals surface area contributed by atoms with Crippen molar-refractivity contribution in [2.24, 2.45) is 5.41 Å². The minimum atomic E-state index is -0.654. The maximum absolute atomic E-state index is 13.6. The van der Waals surface area contributed by atoms with Gasteiger partial charge in [-0.05, 0) is 98.7 Å². The lowest BCUT2D eigenvalue weighted by Gasteiger charge is -2.43. The first-order valence-corrected chi connectivity index (χ1v) is 11.2. The van der Waals surface area contributed by atoms with E-state index in [9.17, 15) is 14.4 Å². The summed E-state index contributed by atoms with van der Waals surface area (Å²) in [5.41, 5.74) is 1.63. The molecule has 2 aromatic rings. The van der Waals surface area contributed by atoms with Gasteiger partial charge in [-0.15, -0.1) is 0 Å². The molecule has 6 heteroatoms. The van der Waals surface area contributed by atoms with E-state index >= 15 is 0 Å². The number of rotatable bonds is 4. The summed E-state index contributed by atoms with van der Waals surface area (Å²) in [6, 6.07) is 12.1. The zero-order chi connectivity index (χ0) is 25.1. The second-order valence-electron chi connectivity index (χ2n) is 10.3. The largest absolute Gasteiger partial charge is 0.426 e. The third-order valence-electron chi connectivity index (χ3n) is 5.00. The predicted molar refractivity (Wildman–Crippen MR) is 130 cm³/mol. The van der Waals surface area contributed by atoms with E-state index in [-0.39, 0.29) is 17.8 Å². The summed E-state index contributed by atoms with van der Waals surface area (Å²) in [6.45, 7) is 17.1. The highest BCUT2D eigenvalue weighted by molar-refractivity contribution is 5.99. The fourth-order valence-corrected chi connectivity index (χ4v) is 3.45. The topological polar surface area (TPSA) is 66.9 Å². The summed E-state index contributed by atoms with van der Waals surface area (Å²) in [5, 5.41) is 2.99. The standard InChI is InChI=1S/C27H36N2O4/c1-10-28(23(30)21-16-18(2)15-19(3)17-21)29(27(7,8)9)24(31)20-11-13-22(14-12-20)33-25(32)26(4,5)6/h11-17H,10H2,1-9H3. The Labute approximate surface area is 197 Å². The molecule has 0 saturated carbocycles. The summed E-state index contributed by atoms with van der Waals surface area (Å²) >= 11 is 0. The summed E-state index contributed by atoms with van der Waals surface area (Å²) in [6.07, 6.45) is 0. The van der Waals surface area contributed by atoms with Crippen molar-refractivity contribution in [2.45, 2.75) is 67.9 Å². The maximum Gasteiger partial charge on any atom is 0.316 e. The highest BCUT2D eigenvalue weighted by Gasteiger charge is 2.35. The number of esters is 1. The number of aryl methyl sites for hydroxylation is 2. The zero-order valence-corrected chi connectivity index (χ0v) is 21.3. The van der Waals surface area contributed by atoms with E-state index in [2.05, 4.69) is 0 Å². The monoisotopic (exact) mass is 452 g/mol. The minimum absolute atomic E-state index is 0.233. The Balaban J connectivity index is 2.38. The van der Waals surface area contributed by atoms with Gasteiger partial charge >= 0.3 is 5.97 Å². The van der Waals surface area contributed by atoms with Crippen molar-refractivity contribution in [3.05, 3.63) is 64.7 Å². The highest BCUT2D eigenvalue weighted by Crippen LogP contribution is 2.25. The molecule has 0 atom stereocenters. The van der Waals surface area contributed by atoms with Gasteiger partial charge in [-0.1, -0.05) is 17.2 Å². The van der Waals surface area contributed by atoms with Crippen LogP contribution in [0.1, 0.15) is 80.3 Å². The van der Waals surface area contributed by atoms with Gasteiger partial charge in [-0.25, -0.2) is 10.0 Å². The molecule has 0 N–H and O–H groups in total. The van der Waals surface area contributed by atoms with Crippen LogP contribution in [-0.2, 0) is 4.79 Å². The van der Waals surface area contributed by atoms with E-state index in [4.69, 9.17) is 4.74 Å². The quantitative estimate of drug-likeness (QED) is 0.345. The summed E-state index contributed by atoms with van der Waals surface area (Å²) in [7, 11) is 0. The number of benzene rings is 2. The molecule has 0 heterocycles. The Morgan fingerprint density at radius 1 is 0.788 bits per heavy atom. The van der Waals surface area contributed by atoms with E-state index in [1.165, 1.54) is 10.0 Å². The number of nitrogens with zero attached hydrogens (tertiary/aromatic N) is 2. The first-order chi connectivity index (χ1) is 15.1. The number of hydrogen-bond acceptors (Lipinski definition) is 4. The Morgan fingerprint density at radius 3 is 1.73 bits per heavy atom. The number of hydrogen-bond donors (Lipinski definition) is 0. The van der Waals surface area contributed by atoms with Gasteiger partial charge in [-0.3, -0.25) is 14.4 Å². The van der Waals surface area contributed by atoms with Gasteiger partial charge < -0.3 is 4.74 Å². The first-order valence-electron chi connectivity index (χ1n) is 11.2. The fraction of sp³-hybridized carbons (Fsp3) is 0.444. The van der Waals surface area contributed by atoms with Crippen LogP contribution in [-0.4, -0.2) is 39.9 Å². The second kappa shape index (κ2) is 9.77. The molecule has 0 aliphatic heterocycles. The third kappa shape index (κ3) is 6.44. The van der Waals surface area contributed by atoms with Crippen molar-refractivity contribution >= 4 is 17.8 Å². The molecule has 0 unspecified atom stereocenters. The summed E-state index contributed by atoms with van der Waals surface area (Å²) < 4.78 is 5.40. The molecule has 178 valence electrons. The van der Waals surface area contributed by atoms with Crippen molar-refractivity contribution < 1.29 is 19.1 Å². The number of amides is 2. The first kappa shape index (κ1) is 26.1. The lowest BCUT2D eigenvalue weighted by molar-refractivity contribution is -0.143. The molecule has 0 spiro atoms. The zero-order valence-electron chi connectivity index (χ0n) is 21.3. The Kier molecular flexibility index (Phi) is 7.73. The molecule has 0 saturated heterocycles. The molecule has 2 rings (SSSR count). The van der Waals surface area contributed by atoms with Gasteiger partial charge in [0.15, 0.2) is 0 Å². The molecule has 0 fully saturated rings. The number of carbonyl (C=O) groups excluding carboxylic acids is 3. The van der Waals surface area contributed by atoms with Crippen LogP contribution in [0.15, 0.2) is 42.5 Å². The van der Waals surface area contributed by atoms with Crippen LogP contribution < -0.4 is 4.74 Å². The van der Waals surface area contributed by atoms with Crippen LogP contribution >= 0.6 is 0 Å². The van der Waals surface area contributed by atoms with Crippen LogP contribution in [0.25, 0.3) is 0 Å². The van der Waals surface area contributed by atoms with Gasteiger partial charge in [0.2, 0.25) is 0 Å². The van der Waals surface area contributed by atoms with Crippen molar-refractivity contribution in [1.29, 1.82) is 0 Å². The molecule has 2 aromatic carbocycles. The maximum atomic E-state index is 13.6. The Bertz CT molecular complexity index is 1010. The van der Waals surface area contributed by atoms with Crippen LogP contribution in [0.2, 0.25) is 0 Å². The van der Waals surface area contributed by atoms with Crippen molar-refractivity contribution in [1.82, 2.24) is 10.0 Å². The summed E-state index contributed by atoms with van der Waals surface area (Å²) in [5.74, 6) is -0.527. The molecular weight excluding hydrogens is 416 g/mol. The molecule has 0 aliphatic carbocycles. The Hall–Kier alpha value is -3.15. The molecule has 33 heavy (non-hydrogen) atoms. The van der Waals surface area contributed by atoms with Crippen molar-refractivity contribution in [3.8, 4) is 5.75 Å². The van der Waals surface area contributed by atoms with Gasteiger partial charge in [0.25, 0.3) is 11.8 Å². The van der Waals surface area contributed by atoms with E-state index < -0.39 is 11.0 Å². The molecule has 0 aromatic heterocycles. The summed E-state index contributed by atoms with van der Waals surface area (Å²) in [4.78, 5) is 39.2. The molecular formula is C27H36N2O4. The molecule has 0 radical (unpaired) electrons. The van der Waals surface area contributed by atoms with Crippen LogP contribution in [0, 0.1) is 19.3 Å². The molecule has 0 bridgehead atoms. The van der Waals surface area contributed by atoms with E-state index in [1.807, 2.05) is 59.7 Å². The van der Waals surface area contributed by atoms with Crippen LogP contribution in [0.5, 0.6) is 5.75 Å². The second-order valence-corrected chi connectivity index (χ2v) is 10.3. The fourth-order valence-electron chi connectivity index (χ4n) is 3.45. The third-order valence-corrected chi connectivity index (χ3v) is 5.00. The van der Waals surface area contributed by atoms with Crippen molar-refractivity contribution in [2.75, 3.05) is 6.54 Å². The lowest BCUT2D eigenvalue weighted by atomic mass is 9.97. The molecule has 6 nitrogen and oxygen atoms in total. The van der Waals surface area contributed by atoms with E-state index in [1.54, 1.807) is 45.0 Å². The smallest absolute Gasteiger partial charge is 0.316 e. The van der Waals surface area contributed by atoms with E-state index in [0.717, 1.165) is 11.1 Å². The lowest BCUT2D eigenvalue weighted by Crippen LogP contribution is -2.58. The average Bonchev–Trinajstić information content (AvgIpc) is 2.69. The van der Waals surface area contributed by atoms with Crippen molar-refractivity contribution in [3.63, 3.8) is 0 Å². The van der Waals surface area contributed by atoms with Gasteiger partial charge in [0.1, 0.15) is 5.75 Å². The number of ether oxygens (including phenoxy) is 1. The van der Waals surface area contributed by atoms with Gasteiger partial charge in [-0.2, -0.15) is 0 Å². The highest BCUT2D eigenvalue weighted by atomic mass is 16.5. The van der Waals surface area contributed by atoms with Crippen LogP contribution in [0.4, 0.5) is 0 Å². The van der Waals surface area contributed by atoms with Crippen LogP contribution in [0.3, 0.4) is 0 Å². The number of hydrazine groups is 1. The Morgan fingerprint density at radius 2 is 1.30 bits per heavy atom. The van der Waals surface area contributed by atoms with E-state index in [0.29, 0.717) is 23.4 Å². The van der Waals surface area contributed by atoms with Gasteiger partial charge in [0.05, 0.1) is 11.0 Å².